The van der Waals surface area contributed by atoms with Gasteiger partial charge in [0.25, 0.3) is 0 Å². The van der Waals surface area contributed by atoms with Crippen molar-refractivity contribution in [3.63, 3.8) is 0 Å². The SMILES string of the molecule is CC(=O)N(c1ccccc1)c1nc(C=CC(=O)Nc2ccc(OC(C)C)cc2C)cs1. The lowest BCUT2D eigenvalue weighted by molar-refractivity contribution is -0.116. The number of nitrogens with one attached hydrogen (secondary N) is 1. The van der Waals surface area contributed by atoms with Crippen LogP contribution in [0.3, 0.4) is 0 Å². The lowest BCUT2D eigenvalue weighted by Crippen LogP contribution is -2.22. The number of hydrogen-bond donors (Lipinski definition) is 1. The smallest absolute Gasteiger partial charge is 0.248 e. The molecule has 2 aromatic carbocycles. The summed E-state index contributed by atoms with van der Waals surface area (Å²) in [5.41, 5.74) is 2.99. The average Bonchev–Trinajstić information content (AvgIpc) is 3.17. The molecule has 31 heavy (non-hydrogen) atoms. The number of carbonyl (C=O) groups excluding carboxylic acids is 2. The molecule has 3 rings (SSSR count). The summed E-state index contributed by atoms with van der Waals surface area (Å²) in [5.74, 6) is 0.375. The number of amides is 2. The fraction of sp³-hybridized carbons (Fsp3) is 0.208. The number of aryl methyl sites for hydroxylation is 1. The second-order valence-corrected chi connectivity index (χ2v) is 8.05. The van der Waals surface area contributed by atoms with Gasteiger partial charge in [-0.3, -0.25) is 14.5 Å². The van der Waals surface area contributed by atoms with E-state index in [0.29, 0.717) is 10.8 Å². The van der Waals surface area contributed by atoms with Crippen LogP contribution in [0.25, 0.3) is 6.08 Å². The maximum atomic E-state index is 12.4. The molecule has 2 amide bonds. The molecule has 0 bridgehead atoms. The van der Waals surface area contributed by atoms with E-state index in [1.165, 1.54) is 24.3 Å². The molecule has 0 unspecified atom stereocenters. The number of ether oxygens (including phenoxy) is 1. The number of anilines is 3. The Morgan fingerprint density at radius 2 is 1.90 bits per heavy atom. The van der Waals surface area contributed by atoms with Gasteiger partial charge in [0.15, 0.2) is 5.13 Å². The Kier molecular flexibility index (Phi) is 7.20. The second kappa shape index (κ2) is 10.0. The van der Waals surface area contributed by atoms with Crippen LogP contribution in [0.4, 0.5) is 16.5 Å². The lowest BCUT2D eigenvalue weighted by atomic mass is 10.2. The molecule has 0 atom stereocenters. The van der Waals surface area contributed by atoms with E-state index in [4.69, 9.17) is 4.74 Å². The van der Waals surface area contributed by atoms with Crippen LogP contribution in [-0.2, 0) is 9.59 Å². The van der Waals surface area contributed by atoms with Crippen LogP contribution in [-0.4, -0.2) is 22.9 Å². The fourth-order valence-electron chi connectivity index (χ4n) is 2.92. The first-order valence-electron chi connectivity index (χ1n) is 9.91. The van der Waals surface area contributed by atoms with Gasteiger partial charge in [-0.2, -0.15) is 0 Å². The molecule has 6 nitrogen and oxygen atoms in total. The standard InChI is InChI=1S/C24H25N3O3S/c1-16(2)30-21-11-12-22(17(3)14-21)26-23(29)13-10-19-15-31-24(25-19)27(18(4)28)20-8-6-5-7-9-20/h5-16H,1-4H3,(H,26,29). The topological polar surface area (TPSA) is 71.5 Å². The Morgan fingerprint density at radius 1 is 1.16 bits per heavy atom. The molecular formula is C24H25N3O3S. The van der Waals surface area contributed by atoms with E-state index < -0.39 is 0 Å². The summed E-state index contributed by atoms with van der Waals surface area (Å²) in [4.78, 5) is 30.5. The number of para-hydroxylation sites is 1. The van der Waals surface area contributed by atoms with E-state index in [1.54, 1.807) is 16.4 Å². The lowest BCUT2D eigenvalue weighted by Gasteiger charge is -2.17. The third kappa shape index (κ3) is 6.02. The third-order valence-corrected chi connectivity index (χ3v) is 5.11. The first-order chi connectivity index (χ1) is 14.8. The quantitative estimate of drug-likeness (QED) is 0.492. The summed E-state index contributed by atoms with van der Waals surface area (Å²) < 4.78 is 5.67. The van der Waals surface area contributed by atoms with Crippen molar-refractivity contribution in [1.82, 2.24) is 4.98 Å². The highest BCUT2D eigenvalue weighted by molar-refractivity contribution is 7.14. The molecule has 0 aliphatic heterocycles. The average molecular weight is 436 g/mol. The number of nitrogens with zero attached hydrogens (tertiary/aromatic N) is 2. The van der Waals surface area contributed by atoms with Gasteiger partial charge in [-0.15, -0.1) is 11.3 Å². The zero-order valence-corrected chi connectivity index (χ0v) is 18.8. The summed E-state index contributed by atoms with van der Waals surface area (Å²) in [5, 5.41) is 5.22. The van der Waals surface area contributed by atoms with Crippen LogP contribution in [0, 0.1) is 6.92 Å². The maximum absolute atomic E-state index is 12.4. The summed E-state index contributed by atoms with van der Waals surface area (Å²) >= 11 is 1.34. The van der Waals surface area contributed by atoms with Gasteiger partial charge < -0.3 is 10.1 Å². The van der Waals surface area contributed by atoms with Crippen molar-refractivity contribution < 1.29 is 14.3 Å². The molecule has 0 aliphatic rings. The predicted molar refractivity (Wildman–Crippen MR) is 126 cm³/mol. The Bertz CT molecular complexity index is 1090. The summed E-state index contributed by atoms with van der Waals surface area (Å²) in [6.07, 6.45) is 3.15. The third-order valence-electron chi connectivity index (χ3n) is 4.26. The number of rotatable bonds is 7. The highest BCUT2D eigenvalue weighted by Crippen LogP contribution is 2.29. The molecule has 1 aromatic heterocycles. The zero-order valence-electron chi connectivity index (χ0n) is 18.0. The molecule has 1 heterocycles. The normalized spacial score (nSPS) is 11.0. The van der Waals surface area contributed by atoms with Crippen LogP contribution in [0.1, 0.15) is 32.0 Å². The highest BCUT2D eigenvalue weighted by atomic mass is 32.1. The van der Waals surface area contributed by atoms with Crippen LogP contribution in [0.2, 0.25) is 0 Å². The summed E-state index contributed by atoms with van der Waals surface area (Å²) in [6, 6.07) is 14.9. The first kappa shape index (κ1) is 22.2. The zero-order chi connectivity index (χ0) is 22.4. The largest absolute Gasteiger partial charge is 0.491 e. The monoisotopic (exact) mass is 435 g/mol. The van der Waals surface area contributed by atoms with Crippen molar-refractivity contribution >= 4 is 45.7 Å². The Morgan fingerprint density at radius 3 is 2.55 bits per heavy atom. The van der Waals surface area contributed by atoms with Gasteiger partial charge in [-0.1, -0.05) is 18.2 Å². The molecule has 7 heteroatoms. The molecule has 3 aromatic rings. The number of carbonyl (C=O) groups is 2. The molecule has 1 N–H and O–H groups in total. The number of benzene rings is 2. The Hall–Kier alpha value is -3.45. The van der Waals surface area contributed by atoms with Crippen molar-refractivity contribution in [2.75, 3.05) is 10.2 Å². The Labute approximate surface area is 186 Å². The van der Waals surface area contributed by atoms with Gasteiger partial charge >= 0.3 is 0 Å². The van der Waals surface area contributed by atoms with Crippen LogP contribution >= 0.6 is 11.3 Å². The molecular weight excluding hydrogens is 410 g/mol. The first-order valence-corrected chi connectivity index (χ1v) is 10.8. The fourth-order valence-corrected chi connectivity index (χ4v) is 3.77. The minimum Gasteiger partial charge on any atom is -0.491 e. The van der Waals surface area contributed by atoms with Gasteiger partial charge in [-0.05, 0) is 62.7 Å². The minimum absolute atomic E-state index is 0.0894. The summed E-state index contributed by atoms with van der Waals surface area (Å²) in [7, 11) is 0. The van der Waals surface area contributed by atoms with Crippen molar-refractivity contribution in [3.8, 4) is 5.75 Å². The number of hydrogen-bond acceptors (Lipinski definition) is 5. The molecule has 0 saturated heterocycles. The van der Waals surface area contributed by atoms with Crippen molar-refractivity contribution in [2.45, 2.75) is 33.8 Å². The molecule has 160 valence electrons. The van der Waals surface area contributed by atoms with Gasteiger partial charge in [0.2, 0.25) is 11.8 Å². The van der Waals surface area contributed by atoms with Crippen molar-refractivity contribution in [1.29, 1.82) is 0 Å². The van der Waals surface area contributed by atoms with Gasteiger partial charge in [0, 0.05) is 24.1 Å². The van der Waals surface area contributed by atoms with Crippen LogP contribution in [0.5, 0.6) is 5.75 Å². The highest BCUT2D eigenvalue weighted by Gasteiger charge is 2.17. The predicted octanol–water partition coefficient (Wildman–Crippen LogP) is 5.58. The minimum atomic E-state index is -0.262. The Balaban J connectivity index is 1.68. The molecule has 0 fully saturated rings. The molecule has 0 aliphatic carbocycles. The van der Waals surface area contributed by atoms with E-state index >= 15 is 0 Å². The second-order valence-electron chi connectivity index (χ2n) is 7.21. The number of aromatic nitrogens is 1. The van der Waals surface area contributed by atoms with Crippen LogP contribution in [0.15, 0.2) is 60.0 Å². The molecule has 0 radical (unpaired) electrons. The van der Waals surface area contributed by atoms with E-state index in [0.717, 1.165) is 22.7 Å². The van der Waals surface area contributed by atoms with Gasteiger partial charge in [0.1, 0.15) is 5.75 Å². The van der Waals surface area contributed by atoms with Crippen LogP contribution < -0.4 is 15.0 Å². The van der Waals surface area contributed by atoms with Gasteiger partial charge in [0.05, 0.1) is 17.5 Å². The van der Waals surface area contributed by atoms with Crippen molar-refractivity contribution in [3.05, 3.63) is 71.2 Å². The number of thiazole rings is 1. The van der Waals surface area contributed by atoms with E-state index in [-0.39, 0.29) is 17.9 Å². The molecule has 0 spiro atoms. The van der Waals surface area contributed by atoms with Gasteiger partial charge in [-0.25, -0.2) is 4.98 Å². The van der Waals surface area contributed by atoms with E-state index in [1.807, 2.05) is 69.3 Å². The van der Waals surface area contributed by atoms with E-state index in [2.05, 4.69) is 10.3 Å². The van der Waals surface area contributed by atoms with Crippen molar-refractivity contribution in [2.24, 2.45) is 0 Å². The molecule has 0 saturated carbocycles. The summed E-state index contributed by atoms with van der Waals surface area (Å²) in [6.45, 7) is 7.35. The van der Waals surface area contributed by atoms with E-state index in [9.17, 15) is 9.59 Å². The maximum Gasteiger partial charge on any atom is 0.248 e.